The van der Waals surface area contributed by atoms with E-state index in [9.17, 15) is 4.91 Å². The zero-order valence-corrected chi connectivity index (χ0v) is 9.40. The molecule has 0 N–H and O–H groups in total. The molecule has 1 rings (SSSR count). The normalized spacial score (nSPS) is 19.2. The number of hydrogen-bond acceptors (Lipinski definition) is 3. The molecule has 0 aromatic carbocycles. The lowest BCUT2D eigenvalue weighted by atomic mass is 10.1. The first-order valence-electron chi connectivity index (χ1n) is 5.33. The van der Waals surface area contributed by atoms with E-state index in [0.717, 1.165) is 26.1 Å². The minimum absolute atomic E-state index is 0.157. The van der Waals surface area contributed by atoms with E-state index in [0.29, 0.717) is 12.7 Å². The third-order valence-electron chi connectivity index (χ3n) is 2.84. The van der Waals surface area contributed by atoms with E-state index in [2.05, 4.69) is 18.7 Å². The SMILES string of the molecule is CC(C)N(C)C[N+](=O)C1CCOCC1. The molecule has 0 saturated carbocycles. The van der Waals surface area contributed by atoms with Crippen LogP contribution in [0.1, 0.15) is 26.7 Å². The number of hydrogen-bond donors (Lipinski definition) is 0. The van der Waals surface area contributed by atoms with Gasteiger partial charge in [0.1, 0.15) is 0 Å². The topological polar surface area (TPSA) is 32.5 Å². The third-order valence-corrected chi connectivity index (χ3v) is 2.84. The highest BCUT2D eigenvalue weighted by atomic mass is 16.5. The quantitative estimate of drug-likeness (QED) is 0.507. The fourth-order valence-corrected chi connectivity index (χ4v) is 1.47. The Kier molecular flexibility index (Phi) is 4.48. The van der Waals surface area contributed by atoms with Crippen LogP contribution in [0, 0.1) is 4.91 Å². The Morgan fingerprint density at radius 3 is 2.50 bits per heavy atom. The van der Waals surface area contributed by atoms with E-state index in [1.807, 2.05) is 7.05 Å². The first-order chi connectivity index (χ1) is 6.61. The summed E-state index contributed by atoms with van der Waals surface area (Å²) in [5.41, 5.74) is 0. The maximum atomic E-state index is 11.7. The summed E-state index contributed by atoms with van der Waals surface area (Å²) in [7, 11) is 1.98. The van der Waals surface area contributed by atoms with Crippen LogP contribution < -0.4 is 0 Å². The highest BCUT2D eigenvalue weighted by Gasteiger charge is 2.28. The highest BCUT2D eigenvalue weighted by Crippen LogP contribution is 2.10. The van der Waals surface area contributed by atoms with E-state index >= 15 is 0 Å². The average Bonchev–Trinajstić information content (AvgIpc) is 2.19. The molecule has 0 aromatic heterocycles. The molecule has 14 heavy (non-hydrogen) atoms. The van der Waals surface area contributed by atoms with Gasteiger partial charge >= 0.3 is 0 Å². The van der Waals surface area contributed by atoms with Gasteiger partial charge in [0.15, 0.2) is 0 Å². The molecule has 0 amide bonds. The molecule has 1 aliphatic heterocycles. The van der Waals surface area contributed by atoms with Crippen LogP contribution in [0.15, 0.2) is 0 Å². The maximum Gasteiger partial charge on any atom is 0.247 e. The molecule has 4 heteroatoms. The van der Waals surface area contributed by atoms with Crippen molar-refractivity contribution in [2.75, 3.05) is 26.9 Å². The predicted octanol–water partition coefficient (Wildman–Crippen LogP) is 1.24. The second kappa shape index (κ2) is 5.41. The zero-order chi connectivity index (χ0) is 10.6. The molecule has 1 aliphatic rings. The summed E-state index contributed by atoms with van der Waals surface area (Å²) in [6.07, 6.45) is 1.74. The van der Waals surface area contributed by atoms with Crippen LogP contribution in [-0.2, 0) is 4.74 Å². The minimum atomic E-state index is 0.157. The lowest BCUT2D eigenvalue weighted by molar-refractivity contribution is -0.608. The van der Waals surface area contributed by atoms with Gasteiger partial charge in [-0.25, -0.2) is 4.90 Å². The molecule has 0 spiro atoms. The van der Waals surface area contributed by atoms with E-state index in [1.54, 1.807) is 0 Å². The fourth-order valence-electron chi connectivity index (χ4n) is 1.47. The molecule has 4 nitrogen and oxygen atoms in total. The summed E-state index contributed by atoms with van der Waals surface area (Å²) in [5.74, 6) is 0. The monoisotopic (exact) mass is 201 g/mol. The molecule has 0 unspecified atom stereocenters. The summed E-state index contributed by atoms with van der Waals surface area (Å²) >= 11 is 0. The van der Waals surface area contributed by atoms with Crippen LogP contribution in [0.2, 0.25) is 0 Å². The van der Waals surface area contributed by atoms with Gasteiger partial charge in [-0.1, -0.05) is 0 Å². The van der Waals surface area contributed by atoms with Crippen molar-refractivity contribution >= 4 is 0 Å². The van der Waals surface area contributed by atoms with Crippen molar-refractivity contribution in [2.24, 2.45) is 0 Å². The van der Waals surface area contributed by atoms with Gasteiger partial charge in [0.25, 0.3) is 0 Å². The van der Waals surface area contributed by atoms with Crippen molar-refractivity contribution in [1.29, 1.82) is 0 Å². The van der Waals surface area contributed by atoms with Gasteiger partial charge in [0, 0.05) is 28.6 Å². The Balaban J connectivity index is 2.33. The lowest BCUT2D eigenvalue weighted by Gasteiger charge is -2.20. The van der Waals surface area contributed by atoms with E-state index in [4.69, 9.17) is 4.74 Å². The Hall–Kier alpha value is -0.480. The minimum Gasteiger partial charge on any atom is -0.381 e. The Morgan fingerprint density at radius 1 is 1.43 bits per heavy atom. The van der Waals surface area contributed by atoms with Crippen LogP contribution in [0.5, 0.6) is 0 Å². The molecule has 0 radical (unpaired) electrons. The predicted molar refractivity (Wildman–Crippen MR) is 55.2 cm³/mol. The largest absolute Gasteiger partial charge is 0.381 e. The molecule has 1 fully saturated rings. The third kappa shape index (κ3) is 3.35. The Bertz CT molecular complexity index is 189. The van der Waals surface area contributed by atoms with Gasteiger partial charge in [-0.2, -0.15) is 0 Å². The van der Waals surface area contributed by atoms with Crippen molar-refractivity contribution < 1.29 is 9.50 Å². The maximum absolute atomic E-state index is 11.7. The molecular formula is C10H21N2O2+. The van der Waals surface area contributed by atoms with Crippen LogP contribution in [0.25, 0.3) is 0 Å². The van der Waals surface area contributed by atoms with E-state index in [1.165, 1.54) is 4.76 Å². The van der Waals surface area contributed by atoms with Gasteiger partial charge in [-0.05, 0) is 20.9 Å². The molecule has 82 valence electrons. The average molecular weight is 201 g/mol. The summed E-state index contributed by atoms with van der Waals surface area (Å²) in [6, 6.07) is 0.580. The first kappa shape index (κ1) is 11.6. The zero-order valence-electron chi connectivity index (χ0n) is 9.40. The van der Waals surface area contributed by atoms with Crippen molar-refractivity contribution in [3.8, 4) is 0 Å². The van der Waals surface area contributed by atoms with Gasteiger partial charge in [-0.3, -0.25) is 0 Å². The first-order valence-corrected chi connectivity index (χ1v) is 5.33. The number of nitrogens with zero attached hydrogens (tertiary/aromatic N) is 2. The number of rotatable bonds is 4. The second-order valence-corrected chi connectivity index (χ2v) is 4.25. The van der Waals surface area contributed by atoms with Crippen molar-refractivity contribution in [3.63, 3.8) is 0 Å². The summed E-state index contributed by atoms with van der Waals surface area (Å²) in [5, 5.41) is 0. The molecule has 1 heterocycles. The lowest BCUT2D eigenvalue weighted by Crippen LogP contribution is -2.39. The Morgan fingerprint density at radius 2 is 2.00 bits per heavy atom. The molecule has 1 saturated heterocycles. The van der Waals surface area contributed by atoms with Crippen LogP contribution in [-0.4, -0.2) is 48.7 Å². The van der Waals surface area contributed by atoms with Gasteiger partial charge in [0.2, 0.25) is 12.7 Å². The molecular weight excluding hydrogens is 180 g/mol. The molecule has 0 aliphatic carbocycles. The van der Waals surface area contributed by atoms with Gasteiger partial charge in [-0.15, -0.1) is 0 Å². The number of nitroso groups, excluding NO2 is 1. The summed E-state index contributed by atoms with van der Waals surface area (Å²) in [6.45, 7) is 6.15. The highest BCUT2D eigenvalue weighted by molar-refractivity contribution is 4.61. The summed E-state index contributed by atoms with van der Waals surface area (Å²) < 4.78 is 6.42. The van der Waals surface area contributed by atoms with Crippen molar-refractivity contribution in [2.45, 2.75) is 38.8 Å². The Labute approximate surface area is 85.8 Å². The second-order valence-electron chi connectivity index (χ2n) is 4.25. The van der Waals surface area contributed by atoms with Crippen LogP contribution in [0.4, 0.5) is 0 Å². The molecule has 0 atom stereocenters. The van der Waals surface area contributed by atoms with Crippen molar-refractivity contribution in [3.05, 3.63) is 4.91 Å². The van der Waals surface area contributed by atoms with E-state index in [-0.39, 0.29) is 6.04 Å². The molecule has 0 bridgehead atoms. The van der Waals surface area contributed by atoms with Crippen LogP contribution >= 0.6 is 0 Å². The van der Waals surface area contributed by atoms with Gasteiger partial charge in [0.05, 0.1) is 13.2 Å². The summed E-state index contributed by atoms with van der Waals surface area (Å²) in [4.78, 5) is 13.8. The van der Waals surface area contributed by atoms with E-state index < -0.39 is 0 Å². The fraction of sp³-hybridized carbons (Fsp3) is 1.00. The standard InChI is InChI=1S/C10H21N2O2/c1-9(2)11(3)8-12(13)10-4-6-14-7-5-10/h9-10H,4-8H2,1-3H3/q+1. The molecule has 0 aromatic rings. The van der Waals surface area contributed by atoms with Crippen molar-refractivity contribution in [1.82, 2.24) is 4.90 Å². The van der Waals surface area contributed by atoms with Gasteiger partial charge < -0.3 is 4.74 Å². The smallest absolute Gasteiger partial charge is 0.247 e. The van der Waals surface area contributed by atoms with Crippen LogP contribution in [0.3, 0.4) is 0 Å². The number of ether oxygens (including phenoxy) is 1.